The van der Waals surface area contributed by atoms with Crippen LogP contribution in [0.2, 0.25) is 0 Å². The fourth-order valence-electron chi connectivity index (χ4n) is 1.15. The van der Waals surface area contributed by atoms with E-state index in [0.29, 0.717) is 0 Å². The molecule has 0 saturated carbocycles. The third-order valence-corrected chi connectivity index (χ3v) is 2.71. The van der Waals surface area contributed by atoms with Gasteiger partial charge in [0.2, 0.25) is 0 Å². The smallest absolute Gasteiger partial charge is 0.119 e. The first-order chi connectivity index (χ1) is 12.0. The molecular formula is C16H26N6O3. The SMILES string of the molecule is C=CCNc1ccc(N)cc1.NC(CO)(CO)CO.c1ncncn1. The summed E-state index contributed by atoms with van der Waals surface area (Å²) in [5.74, 6) is 0. The summed E-state index contributed by atoms with van der Waals surface area (Å²) in [7, 11) is 0. The van der Waals surface area contributed by atoms with E-state index in [0.717, 1.165) is 17.9 Å². The zero-order chi connectivity index (χ0) is 19.0. The lowest BCUT2D eigenvalue weighted by molar-refractivity contribution is 0.0698. The van der Waals surface area contributed by atoms with Crippen LogP contribution in [-0.2, 0) is 0 Å². The standard InChI is InChI=1S/C9H12N2.C4H11NO3.C3H3N3/c1-2-7-11-9-5-3-8(10)4-6-9;5-4(1-6,2-7)3-8;1-4-2-6-3-5-1/h2-6,11H,1,7,10H2;6-8H,1-3,5H2;1-3H. The van der Waals surface area contributed by atoms with Gasteiger partial charge >= 0.3 is 0 Å². The van der Waals surface area contributed by atoms with Gasteiger partial charge in [0.05, 0.1) is 25.4 Å². The molecule has 0 amide bonds. The molecular weight excluding hydrogens is 324 g/mol. The summed E-state index contributed by atoms with van der Waals surface area (Å²) in [5.41, 5.74) is 11.3. The number of nitrogens with one attached hydrogen (secondary N) is 1. The van der Waals surface area contributed by atoms with Crippen LogP contribution in [0.25, 0.3) is 0 Å². The predicted octanol–water partition coefficient (Wildman–Crippen LogP) is -0.601. The van der Waals surface area contributed by atoms with Gasteiger partial charge in [0.1, 0.15) is 19.0 Å². The fourth-order valence-corrected chi connectivity index (χ4v) is 1.15. The highest BCUT2D eigenvalue weighted by Crippen LogP contribution is 2.09. The quantitative estimate of drug-likeness (QED) is 0.295. The van der Waals surface area contributed by atoms with E-state index in [1.165, 1.54) is 19.0 Å². The van der Waals surface area contributed by atoms with Crippen molar-refractivity contribution in [1.82, 2.24) is 15.0 Å². The Labute approximate surface area is 147 Å². The molecule has 9 nitrogen and oxygen atoms in total. The minimum Gasteiger partial charge on any atom is -0.399 e. The summed E-state index contributed by atoms with van der Waals surface area (Å²) in [6, 6.07) is 7.62. The number of nitrogen functional groups attached to an aromatic ring is 1. The van der Waals surface area contributed by atoms with E-state index in [1.807, 2.05) is 30.3 Å². The Morgan fingerprint density at radius 1 is 0.960 bits per heavy atom. The highest BCUT2D eigenvalue weighted by Gasteiger charge is 2.20. The van der Waals surface area contributed by atoms with Crippen LogP contribution in [0.15, 0.2) is 55.9 Å². The molecule has 0 aliphatic rings. The average molecular weight is 350 g/mol. The molecule has 1 aromatic carbocycles. The van der Waals surface area contributed by atoms with Crippen LogP contribution in [0.4, 0.5) is 11.4 Å². The van der Waals surface area contributed by atoms with Gasteiger partial charge in [-0.25, -0.2) is 15.0 Å². The van der Waals surface area contributed by atoms with Crippen LogP contribution in [0.1, 0.15) is 0 Å². The van der Waals surface area contributed by atoms with Gasteiger partial charge < -0.3 is 32.1 Å². The van der Waals surface area contributed by atoms with Crippen molar-refractivity contribution in [2.45, 2.75) is 5.54 Å². The lowest BCUT2D eigenvalue weighted by Gasteiger charge is -2.20. The number of aliphatic hydroxyl groups excluding tert-OH is 3. The van der Waals surface area contributed by atoms with Gasteiger partial charge in [0.15, 0.2) is 0 Å². The number of aromatic nitrogens is 3. The summed E-state index contributed by atoms with van der Waals surface area (Å²) in [6.07, 6.45) is 6.13. The van der Waals surface area contributed by atoms with E-state index < -0.39 is 25.4 Å². The summed E-state index contributed by atoms with van der Waals surface area (Å²) in [4.78, 5) is 10.7. The predicted molar refractivity (Wildman–Crippen MR) is 97.5 cm³/mol. The highest BCUT2D eigenvalue weighted by molar-refractivity contribution is 5.51. The highest BCUT2D eigenvalue weighted by atomic mass is 16.3. The number of aliphatic hydroxyl groups is 3. The lowest BCUT2D eigenvalue weighted by Crippen LogP contribution is -2.50. The van der Waals surface area contributed by atoms with Crippen LogP contribution in [-0.4, -0.2) is 62.2 Å². The number of nitrogens with two attached hydrogens (primary N) is 2. The number of hydrogen-bond acceptors (Lipinski definition) is 9. The maximum absolute atomic E-state index is 8.34. The zero-order valence-corrected chi connectivity index (χ0v) is 14.0. The molecule has 2 rings (SSSR count). The Balaban J connectivity index is 0.000000363. The third-order valence-electron chi connectivity index (χ3n) is 2.71. The van der Waals surface area contributed by atoms with Gasteiger partial charge in [-0.3, -0.25) is 0 Å². The monoisotopic (exact) mass is 350 g/mol. The van der Waals surface area contributed by atoms with Crippen molar-refractivity contribution in [1.29, 1.82) is 0 Å². The molecule has 0 aliphatic heterocycles. The molecule has 0 atom stereocenters. The Kier molecular flexibility index (Phi) is 12.4. The van der Waals surface area contributed by atoms with E-state index in [-0.39, 0.29) is 0 Å². The number of rotatable bonds is 6. The maximum atomic E-state index is 8.34. The van der Waals surface area contributed by atoms with Crippen molar-refractivity contribution in [3.8, 4) is 0 Å². The Morgan fingerprint density at radius 3 is 1.68 bits per heavy atom. The number of anilines is 2. The van der Waals surface area contributed by atoms with Crippen LogP contribution < -0.4 is 16.8 Å². The number of hydrogen-bond donors (Lipinski definition) is 6. The molecule has 25 heavy (non-hydrogen) atoms. The molecule has 0 fully saturated rings. The number of nitrogens with zero attached hydrogens (tertiary/aromatic N) is 3. The Bertz CT molecular complexity index is 515. The second kappa shape index (κ2) is 13.8. The van der Waals surface area contributed by atoms with Gasteiger partial charge in [-0.1, -0.05) is 6.08 Å². The van der Waals surface area contributed by atoms with Gasteiger partial charge in [-0.05, 0) is 24.3 Å². The van der Waals surface area contributed by atoms with E-state index in [1.54, 1.807) is 0 Å². The molecule has 0 unspecified atom stereocenters. The molecule has 0 spiro atoms. The summed E-state index contributed by atoms with van der Waals surface area (Å²) < 4.78 is 0. The molecule has 1 heterocycles. The molecule has 2 aromatic rings. The molecule has 0 saturated heterocycles. The van der Waals surface area contributed by atoms with Crippen LogP contribution >= 0.6 is 0 Å². The molecule has 9 heteroatoms. The van der Waals surface area contributed by atoms with Crippen molar-refractivity contribution < 1.29 is 15.3 Å². The van der Waals surface area contributed by atoms with E-state index in [2.05, 4.69) is 26.8 Å². The molecule has 138 valence electrons. The van der Waals surface area contributed by atoms with Gasteiger partial charge in [-0.2, -0.15) is 0 Å². The van der Waals surface area contributed by atoms with Crippen LogP contribution in [0.5, 0.6) is 0 Å². The van der Waals surface area contributed by atoms with Crippen molar-refractivity contribution in [2.75, 3.05) is 37.4 Å². The van der Waals surface area contributed by atoms with Gasteiger partial charge in [-0.15, -0.1) is 6.58 Å². The van der Waals surface area contributed by atoms with Crippen LogP contribution in [0.3, 0.4) is 0 Å². The molecule has 0 radical (unpaired) electrons. The number of benzene rings is 1. The summed E-state index contributed by atoms with van der Waals surface area (Å²) in [6.45, 7) is 3.18. The Morgan fingerprint density at radius 2 is 1.40 bits per heavy atom. The second-order valence-corrected chi connectivity index (χ2v) is 4.92. The van der Waals surface area contributed by atoms with E-state index in [9.17, 15) is 0 Å². The second-order valence-electron chi connectivity index (χ2n) is 4.92. The Hall–Kier alpha value is -2.59. The minimum absolute atomic E-state index is 0.403. The van der Waals surface area contributed by atoms with E-state index in [4.69, 9.17) is 26.8 Å². The average Bonchev–Trinajstić information content (AvgIpc) is 2.69. The zero-order valence-electron chi connectivity index (χ0n) is 14.0. The van der Waals surface area contributed by atoms with Gasteiger partial charge in [0.25, 0.3) is 0 Å². The summed E-state index contributed by atoms with van der Waals surface area (Å²) in [5, 5.41) is 28.2. The third kappa shape index (κ3) is 11.6. The minimum atomic E-state index is -1.21. The topological polar surface area (TPSA) is 163 Å². The summed E-state index contributed by atoms with van der Waals surface area (Å²) >= 11 is 0. The first-order valence-corrected chi connectivity index (χ1v) is 7.38. The van der Waals surface area contributed by atoms with Crippen molar-refractivity contribution >= 4 is 11.4 Å². The van der Waals surface area contributed by atoms with Crippen molar-refractivity contribution in [3.05, 3.63) is 55.9 Å². The fraction of sp³-hybridized carbons (Fsp3) is 0.312. The molecule has 0 aliphatic carbocycles. The van der Waals surface area contributed by atoms with Crippen molar-refractivity contribution in [3.63, 3.8) is 0 Å². The first-order valence-electron chi connectivity index (χ1n) is 7.38. The van der Waals surface area contributed by atoms with E-state index >= 15 is 0 Å². The molecule has 0 bridgehead atoms. The normalized spacial score (nSPS) is 9.76. The molecule has 1 aromatic heterocycles. The largest absolute Gasteiger partial charge is 0.399 e. The van der Waals surface area contributed by atoms with Crippen LogP contribution in [0, 0.1) is 0 Å². The van der Waals surface area contributed by atoms with Crippen molar-refractivity contribution in [2.24, 2.45) is 5.73 Å². The first kappa shape index (κ1) is 22.4. The maximum Gasteiger partial charge on any atom is 0.119 e. The molecule has 8 N–H and O–H groups in total. The lowest BCUT2D eigenvalue weighted by atomic mass is 10.1. The van der Waals surface area contributed by atoms with Gasteiger partial charge in [0, 0.05) is 17.9 Å².